The monoisotopic (exact) mass is 664 g/mol. The van der Waals surface area contributed by atoms with Gasteiger partial charge in [0.15, 0.2) is 0 Å². The molecule has 0 aliphatic carbocycles. The van der Waals surface area contributed by atoms with Crippen molar-refractivity contribution >= 4 is 35.5 Å². The number of phenols is 1. The minimum atomic E-state index is -1.43. The minimum absolute atomic E-state index is 0.0188. The highest BCUT2D eigenvalue weighted by Gasteiger charge is 2.35. The number of aliphatic hydroxyl groups is 1. The molecule has 0 aromatic heterocycles. The Labute approximate surface area is 275 Å². The number of carboxylic acids is 1. The van der Waals surface area contributed by atoms with E-state index < -0.39 is 89.7 Å². The van der Waals surface area contributed by atoms with E-state index in [9.17, 15) is 44.1 Å². The summed E-state index contributed by atoms with van der Waals surface area (Å²) in [5, 5.41) is 41.9. The first-order chi connectivity index (χ1) is 21.8. The molecule has 0 aliphatic rings. The Morgan fingerprint density at radius 2 is 1.17 bits per heavy atom. The Hall–Kier alpha value is -4.24. The van der Waals surface area contributed by atoms with Gasteiger partial charge in [0.2, 0.25) is 29.5 Å². The zero-order valence-electron chi connectivity index (χ0n) is 28.4. The first kappa shape index (κ1) is 40.8. The molecule has 15 nitrogen and oxygen atoms in total. The fraction of sp³-hybridized carbons (Fsp3) is 0.625. The van der Waals surface area contributed by atoms with Crippen LogP contribution in [0.15, 0.2) is 24.3 Å². The topological polar surface area (TPSA) is 249 Å². The summed E-state index contributed by atoms with van der Waals surface area (Å²) in [6.07, 6.45) is -0.802. The maximum absolute atomic E-state index is 13.6. The van der Waals surface area contributed by atoms with Crippen LogP contribution in [0.1, 0.15) is 67.4 Å². The van der Waals surface area contributed by atoms with E-state index in [1.165, 1.54) is 26.0 Å². The molecule has 0 unspecified atom stereocenters. The number of carboxylic acid groups (broad SMARTS) is 1. The molecule has 0 bridgehead atoms. The first-order valence-electron chi connectivity index (χ1n) is 15.8. The van der Waals surface area contributed by atoms with Crippen molar-refractivity contribution in [2.45, 2.75) is 111 Å². The van der Waals surface area contributed by atoms with E-state index >= 15 is 0 Å². The van der Waals surface area contributed by atoms with Crippen molar-refractivity contribution in [1.82, 2.24) is 26.6 Å². The molecule has 0 aliphatic heterocycles. The standard InChI is InChI=1S/C32H52N6O9/c1-9-17(6)23(33)29(43)38-26(19(8)39)31(45)36-24(15(2)3)30(44)35-22(14-20-10-12-21(40)13-11-20)28(42)34-18(7)27(41)37-25(16(4)5)32(46)47/h10-13,15-19,22-26,39-40H,9,14,33H2,1-8H3,(H,34,42)(H,35,44)(H,36,45)(H,37,41)(H,38,43)(H,46,47)/t17-,18-,19+,22-,23-,24-,25-,26-/m0/s1. The van der Waals surface area contributed by atoms with Crippen LogP contribution in [-0.2, 0) is 35.2 Å². The van der Waals surface area contributed by atoms with Crippen LogP contribution in [0.5, 0.6) is 5.75 Å². The quantitative estimate of drug-likeness (QED) is 0.0976. The van der Waals surface area contributed by atoms with Crippen molar-refractivity contribution < 1.29 is 44.1 Å². The lowest BCUT2D eigenvalue weighted by molar-refractivity contribution is -0.143. The molecule has 0 saturated carbocycles. The van der Waals surface area contributed by atoms with Gasteiger partial charge >= 0.3 is 5.97 Å². The summed E-state index contributed by atoms with van der Waals surface area (Å²) in [4.78, 5) is 77.2. The number of aliphatic carboxylic acids is 1. The predicted octanol–water partition coefficient (Wildman–Crippen LogP) is -0.471. The molecular formula is C32H52N6O9. The molecule has 0 heterocycles. The smallest absolute Gasteiger partial charge is 0.326 e. The summed E-state index contributed by atoms with van der Waals surface area (Å²) in [6.45, 7) is 12.8. The highest BCUT2D eigenvalue weighted by molar-refractivity contribution is 5.96. The molecule has 1 aromatic carbocycles. The molecule has 0 fully saturated rings. The Kier molecular flexibility index (Phi) is 16.3. The number of amides is 5. The number of phenolic OH excluding ortho intramolecular Hbond substituents is 1. The summed E-state index contributed by atoms with van der Waals surface area (Å²) in [7, 11) is 0. The highest BCUT2D eigenvalue weighted by atomic mass is 16.4. The van der Waals surface area contributed by atoms with E-state index in [4.69, 9.17) is 5.73 Å². The average molecular weight is 665 g/mol. The normalized spacial score (nSPS) is 16.4. The average Bonchev–Trinajstić information content (AvgIpc) is 2.99. The van der Waals surface area contributed by atoms with Crippen LogP contribution >= 0.6 is 0 Å². The third kappa shape index (κ3) is 12.8. The van der Waals surface area contributed by atoms with Crippen LogP contribution in [0.2, 0.25) is 0 Å². The number of hydrogen-bond acceptors (Lipinski definition) is 9. The van der Waals surface area contributed by atoms with Crippen LogP contribution < -0.4 is 32.3 Å². The molecule has 0 saturated heterocycles. The number of carbonyl (C=O) groups excluding carboxylic acids is 5. The third-order valence-electron chi connectivity index (χ3n) is 7.86. The Balaban J connectivity index is 3.22. The van der Waals surface area contributed by atoms with E-state index in [0.717, 1.165) is 0 Å². The van der Waals surface area contributed by atoms with Gasteiger partial charge in [0.1, 0.15) is 36.0 Å². The predicted molar refractivity (Wildman–Crippen MR) is 174 cm³/mol. The van der Waals surface area contributed by atoms with E-state index in [-0.39, 0.29) is 18.1 Å². The fourth-order valence-electron chi connectivity index (χ4n) is 4.45. The van der Waals surface area contributed by atoms with Crippen LogP contribution in [0.25, 0.3) is 0 Å². The number of aromatic hydroxyl groups is 1. The molecule has 15 heteroatoms. The van der Waals surface area contributed by atoms with Crippen molar-refractivity contribution in [2.75, 3.05) is 0 Å². The van der Waals surface area contributed by atoms with E-state index in [1.54, 1.807) is 46.8 Å². The zero-order chi connectivity index (χ0) is 36.2. The number of carbonyl (C=O) groups is 6. The van der Waals surface area contributed by atoms with E-state index in [0.29, 0.717) is 12.0 Å². The van der Waals surface area contributed by atoms with Gasteiger partial charge in [0, 0.05) is 6.42 Å². The lowest BCUT2D eigenvalue weighted by atomic mass is 9.98. The molecule has 10 N–H and O–H groups in total. The van der Waals surface area contributed by atoms with Gasteiger partial charge in [0.25, 0.3) is 0 Å². The maximum Gasteiger partial charge on any atom is 0.326 e. The lowest BCUT2D eigenvalue weighted by Crippen LogP contribution is -2.62. The highest BCUT2D eigenvalue weighted by Crippen LogP contribution is 2.13. The van der Waals surface area contributed by atoms with Crippen molar-refractivity contribution in [3.8, 4) is 5.75 Å². The summed E-state index contributed by atoms with van der Waals surface area (Å²) in [5.74, 6) is -6.16. The summed E-state index contributed by atoms with van der Waals surface area (Å²) >= 11 is 0. The van der Waals surface area contributed by atoms with Gasteiger partial charge in [-0.15, -0.1) is 0 Å². The number of rotatable bonds is 18. The van der Waals surface area contributed by atoms with Crippen LogP contribution in [0, 0.1) is 17.8 Å². The number of benzene rings is 1. The number of hydrogen-bond donors (Lipinski definition) is 9. The SMILES string of the molecule is CC[C@H](C)[C@H](N)C(=O)N[C@H](C(=O)N[C@H](C(=O)N[C@@H](Cc1ccc(O)cc1)C(=O)N[C@@H](C)C(=O)N[C@H](C(=O)O)C(C)C)C(C)C)[C@@H](C)O. The Morgan fingerprint density at radius 3 is 1.64 bits per heavy atom. The second-order valence-electron chi connectivity index (χ2n) is 12.6. The summed E-state index contributed by atoms with van der Waals surface area (Å²) in [5.41, 5.74) is 6.53. The summed E-state index contributed by atoms with van der Waals surface area (Å²) in [6, 6.07) is -1.34. The van der Waals surface area contributed by atoms with Crippen LogP contribution in [0.4, 0.5) is 0 Å². The fourth-order valence-corrected chi connectivity index (χ4v) is 4.45. The van der Waals surface area contributed by atoms with Gasteiger partial charge < -0.3 is 47.6 Å². The van der Waals surface area contributed by atoms with Crippen molar-refractivity contribution in [1.29, 1.82) is 0 Å². The summed E-state index contributed by atoms with van der Waals surface area (Å²) < 4.78 is 0. The second kappa shape index (κ2) is 18.8. The first-order valence-corrected chi connectivity index (χ1v) is 15.8. The number of aliphatic hydroxyl groups excluding tert-OH is 1. The number of nitrogens with one attached hydrogen (secondary N) is 5. The molecule has 264 valence electrons. The molecule has 1 aromatic rings. The van der Waals surface area contributed by atoms with Gasteiger partial charge in [-0.05, 0) is 49.3 Å². The molecular weight excluding hydrogens is 612 g/mol. The molecule has 0 spiro atoms. The molecule has 5 amide bonds. The lowest BCUT2D eigenvalue weighted by Gasteiger charge is -2.29. The van der Waals surface area contributed by atoms with Crippen molar-refractivity contribution in [2.24, 2.45) is 23.5 Å². The van der Waals surface area contributed by atoms with Gasteiger partial charge in [-0.2, -0.15) is 0 Å². The second-order valence-corrected chi connectivity index (χ2v) is 12.6. The van der Waals surface area contributed by atoms with Crippen LogP contribution in [0.3, 0.4) is 0 Å². The maximum atomic E-state index is 13.6. The van der Waals surface area contributed by atoms with Gasteiger partial charge in [-0.25, -0.2) is 4.79 Å². The largest absolute Gasteiger partial charge is 0.508 e. The van der Waals surface area contributed by atoms with Gasteiger partial charge in [-0.3, -0.25) is 24.0 Å². The zero-order valence-corrected chi connectivity index (χ0v) is 28.4. The Morgan fingerprint density at radius 1 is 0.681 bits per heavy atom. The molecule has 0 radical (unpaired) electrons. The molecule has 8 atom stereocenters. The van der Waals surface area contributed by atoms with E-state index in [2.05, 4.69) is 26.6 Å². The van der Waals surface area contributed by atoms with Gasteiger partial charge in [-0.1, -0.05) is 60.1 Å². The van der Waals surface area contributed by atoms with Gasteiger partial charge in [0.05, 0.1) is 12.1 Å². The van der Waals surface area contributed by atoms with E-state index in [1.807, 2.05) is 6.92 Å². The Bertz CT molecular complexity index is 1240. The third-order valence-corrected chi connectivity index (χ3v) is 7.86. The van der Waals surface area contributed by atoms with Crippen molar-refractivity contribution in [3.63, 3.8) is 0 Å². The molecule has 1 rings (SSSR count). The van der Waals surface area contributed by atoms with Crippen molar-refractivity contribution in [3.05, 3.63) is 29.8 Å². The minimum Gasteiger partial charge on any atom is -0.508 e. The molecule has 47 heavy (non-hydrogen) atoms. The number of nitrogens with two attached hydrogens (primary N) is 1. The van der Waals surface area contributed by atoms with Crippen LogP contribution in [-0.4, -0.2) is 93.2 Å².